The lowest BCUT2D eigenvalue weighted by Gasteiger charge is -2.09. The number of nitrogens with zero attached hydrogens (tertiary/aromatic N) is 2. The summed E-state index contributed by atoms with van der Waals surface area (Å²) in [6, 6.07) is 0. The number of hydrogen-bond acceptors (Lipinski definition) is 5. The van der Waals surface area contributed by atoms with Gasteiger partial charge in [0.15, 0.2) is 5.82 Å². The zero-order valence-corrected chi connectivity index (χ0v) is 8.37. The van der Waals surface area contributed by atoms with Crippen LogP contribution in [0.5, 0.6) is 5.88 Å². The normalized spacial score (nSPS) is 9.57. The molecule has 0 aliphatic rings. The predicted molar refractivity (Wildman–Crippen MR) is 56.3 cm³/mol. The number of methoxy groups -OCH3 is 1. The summed E-state index contributed by atoms with van der Waals surface area (Å²) in [6.07, 6.45) is 1.40. The number of nitrogens with one attached hydrogen (secondary N) is 1. The SMILES string of the molecule is C=C(C)CNc1ncnc(OC)c1N. The minimum absolute atomic E-state index is 0.379. The van der Waals surface area contributed by atoms with Gasteiger partial charge in [0.05, 0.1) is 7.11 Å². The summed E-state index contributed by atoms with van der Waals surface area (Å²) in [5.74, 6) is 0.948. The average Bonchev–Trinajstić information content (AvgIpc) is 2.16. The second-order valence-corrected chi connectivity index (χ2v) is 2.96. The number of aromatic nitrogens is 2. The van der Waals surface area contributed by atoms with Crippen molar-refractivity contribution in [3.05, 3.63) is 18.5 Å². The van der Waals surface area contributed by atoms with E-state index in [1.165, 1.54) is 13.4 Å². The molecule has 0 radical (unpaired) electrons. The summed E-state index contributed by atoms with van der Waals surface area (Å²) in [4.78, 5) is 7.85. The highest BCUT2D eigenvalue weighted by molar-refractivity contribution is 5.66. The summed E-state index contributed by atoms with van der Waals surface area (Å²) in [7, 11) is 1.52. The van der Waals surface area contributed by atoms with Crippen LogP contribution in [0, 0.1) is 0 Å². The topological polar surface area (TPSA) is 73.1 Å². The second-order valence-electron chi connectivity index (χ2n) is 2.96. The van der Waals surface area contributed by atoms with Crippen LogP contribution in [0.1, 0.15) is 6.92 Å². The van der Waals surface area contributed by atoms with E-state index in [2.05, 4.69) is 21.9 Å². The molecule has 0 amide bonds. The summed E-state index contributed by atoms with van der Waals surface area (Å²) < 4.78 is 4.95. The van der Waals surface area contributed by atoms with E-state index >= 15 is 0 Å². The van der Waals surface area contributed by atoms with Crippen LogP contribution in [0.3, 0.4) is 0 Å². The minimum Gasteiger partial charge on any atom is -0.479 e. The number of nitrogen functional groups attached to an aromatic ring is 1. The van der Waals surface area contributed by atoms with Crippen LogP contribution in [0.15, 0.2) is 18.5 Å². The van der Waals surface area contributed by atoms with Gasteiger partial charge < -0.3 is 15.8 Å². The number of nitrogens with two attached hydrogens (primary N) is 1. The third-order valence-corrected chi connectivity index (χ3v) is 1.60. The molecule has 0 unspecified atom stereocenters. The van der Waals surface area contributed by atoms with E-state index < -0.39 is 0 Å². The molecule has 1 aromatic rings. The predicted octanol–water partition coefficient (Wildman–Crippen LogP) is 1.06. The lowest BCUT2D eigenvalue weighted by Crippen LogP contribution is -2.08. The summed E-state index contributed by atoms with van der Waals surface area (Å²) in [6.45, 7) is 6.31. The monoisotopic (exact) mass is 194 g/mol. The van der Waals surface area contributed by atoms with Crippen LogP contribution in [0.2, 0.25) is 0 Å². The lowest BCUT2D eigenvalue weighted by atomic mass is 10.3. The highest BCUT2D eigenvalue weighted by Crippen LogP contribution is 2.23. The van der Waals surface area contributed by atoms with Gasteiger partial charge >= 0.3 is 0 Å². The molecule has 5 nitrogen and oxygen atoms in total. The molecule has 76 valence electrons. The third kappa shape index (κ3) is 2.35. The Hall–Kier alpha value is -1.78. The van der Waals surface area contributed by atoms with Crippen LogP contribution < -0.4 is 15.8 Å². The molecule has 1 rings (SSSR count). The van der Waals surface area contributed by atoms with Gasteiger partial charge in [0, 0.05) is 6.54 Å². The smallest absolute Gasteiger partial charge is 0.242 e. The van der Waals surface area contributed by atoms with Crippen LogP contribution in [0.25, 0.3) is 0 Å². The van der Waals surface area contributed by atoms with Crippen molar-refractivity contribution in [3.8, 4) is 5.88 Å². The van der Waals surface area contributed by atoms with Crippen molar-refractivity contribution >= 4 is 11.5 Å². The largest absolute Gasteiger partial charge is 0.479 e. The molecular formula is C9H14N4O. The zero-order valence-electron chi connectivity index (χ0n) is 8.37. The molecule has 0 spiro atoms. The van der Waals surface area contributed by atoms with E-state index in [0.717, 1.165) is 5.57 Å². The maximum atomic E-state index is 5.74. The van der Waals surface area contributed by atoms with Crippen molar-refractivity contribution in [2.45, 2.75) is 6.92 Å². The molecular weight excluding hydrogens is 180 g/mol. The minimum atomic E-state index is 0.379. The third-order valence-electron chi connectivity index (χ3n) is 1.60. The van der Waals surface area contributed by atoms with Gasteiger partial charge in [0.2, 0.25) is 5.88 Å². The summed E-state index contributed by atoms with van der Waals surface area (Å²) >= 11 is 0. The molecule has 5 heteroatoms. The van der Waals surface area contributed by atoms with Gasteiger partial charge in [-0.05, 0) is 6.92 Å². The highest BCUT2D eigenvalue weighted by atomic mass is 16.5. The van der Waals surface area contributed by atoms with Crippen LogP contribution in [0.4, 0.5) is 11.5 Å². The Morgan fingerprint density at radius 3 is 2.93 bits per heavy atom. The van der Waals surface area contributed by atoms with E-state index in [0.29, 0.717) is 23.9 Å². The van der Waals surface area contributed by atoms with Crippen molar-refractivity contribution < 1.29 is 4.74 Å². The van der Waals surface area contributed by atoms with Crippen LogP contribution in [-0.2, 0) is 0 Å². The molecule has 0 aliphatic heterocycles. The maximum absolute atomic E-state index is 5.74. The number of hydrogen-bond donors (Lipinski definition) is 2. The Kier molecular flexibility index (Phi) is 3.28. The first kappa shape index (κ1) is 10.3. The first-order valence-corrected chi connectivity index (χ1v) is 4.18. The lowest BCUT2D eigenvalue weighted by molar-refractivity contribution is 0.399. The zero-order chi connectivity index (χ0) is 10.6. The summed E-state index contributed by atoms with van der Waals surface area (Å²) in [5.41, 5.74) is 7.15. The maximum Gasteiger partial charge on any atom is 0.242 e. The van der Waals surface area contributed by atoms with Gasteiger partial charge in [-0.1, -0.05) is 12.2 Å². The van der Waals surface area contributed by atoms with Gasteiger partial charge in [-0.15, -0.1) is 0 Å². The van der Waals surface area contributed by atoms with E-state index in [1.54, 1.807) is 0 Å². The Morgan fingerprint density at radius 2 is 2.36 bits per heavy atom. The first-order valence-electron chi connectivity index (χ1n) is 4.18. The van der Waals surface area contributed by atoms with Crippen LogP contribution in [-0.4, -0.2) is 23.6 Å². The van der Waals surface area contributed by atoms with Crippen molar-refractivity contribution in [2.24, 2.45) is 0 Å². The molecule has 0 saturated carbocycles. The Bertz CT molecular complexity index is 338. The molecule has 0 fully saturated rings. The Balaban J connectivity index is 2.81. The molecule has 0 aromatic carbocycles. The fourth-order valence-electron chi connectivity index (χ4n) is 0.918. The molecule has 0 atom stereocenters. The van der Waals surface area contributed by atoms with E-state index in [9.17, 15) is 0 Å². The number of anilines is 2. The number of rotatable bonds is 4. The van der Waals surface area contributed by atoms with Crippen molar-refractivity contribution in [1.82, 2.24) is 9.97 Å². The van der Waals surface area contributed by atoms with Crippen molar-refractivity contribution in [3.63, 3.8) is 0 Å². The number of ether oxygens (including phenoxy) is 1. The van der Waals surface area contributed by atoms with Gasteiger partial charge in [0.1, 0.15) is 12.0 Å². The standard InChI is InChI=1S/C9H14N4O/c1-6(2)4-11-8-7(10)9(14-3)13-5-12-8/h5H,1,4,10H2,2-3H3,(H,11,12,13). The quantitative estimate of drug-likeness (QED) is 0.701. The second kappa shape index (κ2) is 4.45. The molecule has 0 saturated heterocycles. The summed E-state index contributed by atoms with van der Waals surface area (Å²) in [5, 5.41) is 3.03. The van der Waals surface area contributed by atoms with E-state index in [1.807, 2.05) is 6.92 Å². The first-order chi connectivity index (χ1) is 6.65. The van der Waals surface area contributed by atoms with Gasteiger partial charge in [0.25, 0.3) is 0 Å². The van der Waals surface area contributed by atoms with E-state index in [4.69, 9.17) is 10.5 Å². The van der Waals surface area contributed by atoms with Crippen molar-refractivity contribution in [1.29, 1.82) is 0 Å². The highest BCUT2D eigenvalue weighted by Gasteiger charge is 2.06. The molecule has 14 heavy (non-hydrogen) atoms. The average molecular weight is 194 g/mol. The van der Waals surface area contributed by atoms with Gasteiger partial charge in [-0.2, -0.15) is 4.98 Å². The molecule has 3 N–H and O–H groups in total. The molecule has 1 heterocycles. The Morgan fingerprint density at radius 1 is 1.64 bits per heavy atom. The van der Waals surface area contributed by atoms with Crippen molar-refractivity contribution in [2.75, 3.05) is 24.7 Å². The van der Waals surface area contributed by atoms with Gasteiger partial charge in [-0.3, -0.25) is 0 Å². The molecule has 0 bridgehead atoms. The Labute approximate surface area is 83.0 Å². The van der Waals surface area contributed by atoms with Crippen LogP contribution >= 0.6 is 0 Å². The molecule has 0 aliphatic carbocycles. The fraction of sp³-hybridized carbons (Fsp3) is 0.333. The van der Waals surface area contributed by atoms with E-state index in [-0.39, 0.29) is 0 Å². The van der Waals surface area contributed by atoms with Gasteiger partial charge in [-0.25, -0.2) is 4.98 Å². The molecule has 1 aromatic heterocycles. The fourth-order valence-corrected chi connectivity index (χ4v) is 0.918.